The molecule has 0 saturated carbocycles. The zero-order chi connectivity index (χ0) is 27.2. The van der Waals surface area contributed by atoms with Crippen LogP contribution in [0.4, 0.5) is 14.5 Å². The van der Waals surface area contributed by atoms with Crippen molar-refractivity contribution in [3.63, 3.8) is 0 Å². The number of carbonyl (C=O) groups is 2. The van der Waals surface area contributed by atoms with Crippen molar-refractivity contribution in [2.75, 3.05) is 18.1 Å². The predicted molar refractivity (Wildman–Crippen MR) is 137 cm³/mol. The number of nitrogens with zero attached hydrogens (tertiary/aromatic N) is 2. The number of aromatic carboxylic acids is 1. The van der Waals surface area contributed by atoms with Crippen LogP contribution < -0.4 is 10.3 Å². The maximum absolute atomic E-state index is 15.0. The molecule has 1 aliphatic rings. The predicted octanol–water partition coefficient (Wildman–Crippen LogP) is 4.93. The van der Waals surface area contributed by atoms with Gasteiger partial charge in [-0.05, 0) is 41.2 Å². The van der Waals surface area contributed by atoms with Crippen molar-refractivity contribution < 1.29 is 28.6 Å². The van der Waals surface area contributed by atoms with Gasteiger partial charge in [0, 0.05) is 31.0 Å². The third-order valence-corrected chi connectivity index (χ3v) is 7.13. The molecule has 0 spiro atoms. The molecule has 0 bridgehead atoms. The molecule has 0 aliphatic carbocycles. The largest absolute Gasteiger partial charge is 0.477 e. The highest BCUT2D eigenvalue weighted by atomic mass is 35.5. The first-order valence-corrected chi connectivity index (χ1v) is 12.2. The molecular formula is C27H27ClF2N2O5. The second-order valence-corrected chi connectivity index (χ2v) is 10.7. The van der Waals surface area contributed by atoms with Gasteiger partial charge in [-0.25, -0.2) is 13.6 Å². The highest BCUT2D eigenvalue weighted by Gasteiger charge is 2.30. The molecule has 1 fully saturated rings. The number of carbonyl (C=O) groups excluding carboxylic acids is 1. The molecule has 1 unspecified atom stereocenters. The van der Waals surface area contributed by atoms with E-state index >= 15 is 0 Å². The number of aliphatic hydroxyl groups excluding tert-OH is 1. The van der Waals surface area contributed by atoms with Crippen LogP contribution in [0.15, 0.2) is 35.3 Å². The fraction of sp³-hybridized carbons (Fsp3) is 0.370. The van der Waals surface area contributed by atoms with Crippen LogP contribution in [-0.4, -0.2) is 39.8 Å². The lowest BCUT2D eigenvalue weighted by Gasteiger charge is -2.32. The minimum Gasteiger partial charge on any atom is -0.477 e. The molecule has 196 valence electrons. The molecule has 1 amide bonds. The first-order chi connectivity index (χ1) is 17.3. The number of rotatable bonds is 6. The number of aliphatic hydroxyl groups is 1. The lowest BCUT2D eigenvalue weighted by atomic mass is 9.86. The van der Waals surface area contributed by atoms with Gasteiger partial charge in [0.1, 0.15) is 16.4 Å². The lowest BCUT2D eigenvalue weighted by Crippen LogP contribution is -2.30. The van der Waals surface area contributed by atoms with E-state index in [4.69, 9.17) is 11.6 Å². The number of fused-ring (bicyclic) bond motifs is 1. The monoisotopic (exact) mass is 532 g/mol. The van der Waals surface area contributed by atoms with E-state index in [-0.39, 0.29) is 42.0 Å². The number of carboxylic acids is 1. The topological polar surface area (TPSA) is 99.8 Å². The standard InChI is InChI=1S/C27H27ClF2N2O5/c1-27(2,3)20(13-33)32-12-17(26(36)37)25(35)16-10-14(6-7-18(16)32)9-15-11-19(24(30)22(28)23(15)29)31-8-4-5-21(31)34/h6-7,10-12,20,33H,4-5,8-9,13H2,1-3H3,(H,36,37). The summed E-state index contributed by atoms with van der Waals surface area (Å²) in [6.07, 6.45) is 1.96. The Morgan fingerprint density at radius 3 is 2.43 bits per heavy atom. The molecule has 3 aromatic rings. The Morgan fingerprint density at radius 1 is 1.16 bits per heavy atom. The Morgan fingerprint density at radius 2 is 1.86 bits per heavy atom. The van der Waals surface area contributed by atoms with E-state index in [0.29, 0.717) is 24.0 Å². The van der Waals surface area contributed by atoms with E-state index < -0.39 is 45.1 Å². The number of hydrogen-bond acceptors (Lipinski definition) is 4. The van der Waals surface area contributed by atoms with Crippen LogP contribution in [0.2, 0.25) is 5.02 Å². The maximum Gasteiger partial charge on any atom is 0.341 e. The summed E-state index contributed by atoms with van der Waals surface area (Å²) in [7, 11) is 0. The number of hydrogen-bond donors (Lipinski definition) is 2. The summed E-state index contributed by atoms with van der Waals surface area (Å²) < 4.78 is 31.3. The van der Waals surface area contributed by atoms with Gasteiger partial charge in [0.25, 0.3) is 0 Å². The van der Waals surface area contributed by atoms with Crippen molar-refractivity contribution in [2.24, 2.45) is 5.41 Å². The smallest absolute Gasteiger partial charge is 0.341 e. The fourth-order valence-electron chi connectivity index (χ4n) is 4.79. The molecule has 1 atom stereocenters. The van der Waals surface area contributed by atoms with Crippen molar-refractivity contribution in [1.29, 1.82) is 0 Å². The molecule has 2 heterocycles. The van der Waals surface area contributed by atoms with Gasteiger partial charge in [-0.15, -0.1) is 0 Å². The molecule has 1 aromatic heterocycles. The number of carboxylic acid groups (broad SMARTS) is 1. The number of anilines is 1. The summed E-state index contributed by atoms with van der Waals surface area (Å²) in [5.41, 5.74) is -0.855. The van der Waals surface area contributed by atoms with Crippen LogP contribution in [0.5, 0.6) is 0 Å². The Balaban J connectivity index is 1.86. The van der Waals surface area contributed by atoms with Crippen molar-refractivity contribution in [3.8, 4) is 0 Å². The summed E-state index contributed by atoms with van der Waals surface area (Å²) in [5.74, 6) is -3.67. The second kappa shape index (κ2) is 9.87. The SMILES string of the molecule is CC(C)(C)C(CO)n1cc(C(=O)O)c(=O)c2cc(Cc3cc(N4CCCC4=O)c(F)c(Cl)c3F)ccc21. The summed E-state index contributed by atoms with van der Waals surface area (Å²) in [6.45, 7) is 5.66. The number of amides is 1. The normalized spacial score (nSPS) is 15.0. The fourth-order valence-corrected chi connectivity index (χ4v) is 5.01. The van der Waals surface area contributed by atoms with Gasteiger partial charge in [0.2, 0.25) is 11.3 Å². The minimum absolute atomic E-state index is 0.0260. The van der Waals surface area contributed by atoms with Gasteiger partial charge in [-0.1, -0.05) is 38.4 Å². The lowest BCUT2D eigenvalue weighted by molar-refractivity contribution is -0.117. The van der Waals surface area contributed by atoms with E-state index in [9.17, 15) is 33.4 Å². The number of halogens is 3. The molecule has 1 aliphatic heterocycles. The Kier molecular flexibility index (Phi) is 7.14. The number of aromatic nitrogens is 1. The molecule has 7 nitrogen and oxygen atoms in total. The van der Waals surface area contributed by atoms with Crippen LogP contribution in [0.3, 0.4) is 0 Å². The maximum atomic E-state index is 15.0. The Labute approximate surface area is 216 Å². The molecule has 37 heavy (non-hydrogen) atoms. The third kappa shape index (κ3) is 4.85. The molecule has 10 heteroatoms. The number of pyridine rings is 1. The van der Waals surface area contributed by atoms with E-state index in [0.717, 1.165) is 0 Å². The van der Waals surface area contributed by atoms with E-state index in [1.807, 2.05) is 20.8 Å². The second-order valence-electron chi connectivity index (χ2n) is 10.3. The molecule has 2 N–H and O–H groups in total. The first-order valence-electron chi connectivity index (χ1n) is 11.8. The molecule has 4 rings (SSSR count). The third-order valence-electron chi connectivity index (χ3n) is 6.80. The van der Waals surface area contributed by atoms with Crippen molar-refractivity contribution in [1.82, 2.24) is 4.57 Å². The average Bonchev–Trinajstić information content (AvgIpc) is 3.25. The Hall–Kier alpha value is -3.30. The van der Waals surface area contributed by atoms with Gasteiger partial charge in [-0.2, -0.15) is 0 Å². The van der Waals surface area contributed by atoms with Crippen LogP contribution >= 0.6 is 11.6 Å². The van der Waals surface area contributed by atoms with Crippen LogP contribution in [-0.2, 0) is 11.2 Å². The van der Waals surface area contributed by atoms with Crippen LogP contribution in [0.25, 0.3) is 10.9 Å². The highest BCUT2D eigenvalue weighted by Crippen LogP contribution is 2.35. The van der Waals surface area contributed by atoms with Crippen LogP contribution in [0, 0.1) is 17.0 Å². The van der Waals surface area contributed by atoms with E-state index in [1.54, 1.807) is 16.7 Å². The summed E-state index contributed by atoms with van der Waals surface area (Å²) >= 11 is 5.94. The first kappa shape index (κ1) is 26.8. The molecule has 2 aromatic carbocycles. The molecular weight excluding hydrogens is 506 g/mol. The summed E-state index contributed by atoms with van der Waals surface area (Å²) in [4.78, 5) is 38.3. The average molecular weight is 533 g/mol. The molecule has 0 radical (unpaired) electrons. The van der Waals surface area contributed by atoms with Crippen LogP contribution in [0.1, 0.15) is 61.1 Å². The zero-order valence-corrected chi connectivity index (χ0v) is 21.4. The van der Waals surface area contributed by atoms with Gasteiger partial charge in [0.05, 0.1) is 23.9 Å². The Bertz CT molecular complexity index is 1480. The number of benzene rings is 2. The van der Waals surface area contributed by atoms with E-state index in [1.165, 1.54) is 23.2 Å². The van der Waals surface area contributed by atoms with Gasteiger partial charge >= 0.3 is 5.97 Å². The summed E-state index contributed by atoms with van der Waals surface area (Å²) in [5, 5.41) is 19.1. The quantitative estimate of drug-likeness (QED) is 0.439. The van der Waals surface area contributed by atoms with Gasteiger partial charge < -0.3 is 19.7 Å². The summed E-state index contributed by atoms with van der Waals surface area (Å²) in [6, 6.07) is 5.44. The zero-order valence-electron chi connectivity index (χ0n) is 20.6. The van der Waals surface area contributed by atoms with Gasteiger partial charge in [-0.3, -0.25) is 9.59 Å². The highest BCUT2D eigenvalue weighted by molar-refractivity contribution is 6.31. The van der Waals surface area contributed by atoms with Crippen molar-refractivity contribution in [2.45, 2.75) is 46.1 Å². The van der Waals surface area contributed by atoms with E-state index in [2.05, 4.69) is 0 Å². The van der Waals surface area contributed by atoms with Crippen molar-refractivity contribution in [3.05, 3.63) is 74.0 Å². The minimum atomic E-state index is -1.41. The van der Waals surface area contributed by atoms with Gasteiger partial charge in [0.15, 0.2) is 5.82 Å². The molecule has 1 saturated heterocycles. The van der Waals surface area contributed by atoms with Crippen molar-refractivity contribution >= 4 is 40.1 Å².